The Balaban J connectivity index is 1.93. The van der Waals surface area contributed by atoms with Gasteiger partial charge in [-0.1, -0.05) is 17.7 Å². The number of ether oxygens (including phenoxy) is 1. The third kappa shape index (κ3) is 3.35. The monoisotopic (exact) mass is 255 g/mol. The third-order valence-corrected chi connectivity index (χ3v) is 3.50. The summed E-state index contributed by atoms with van der Waals surface area (Å²) in [5, 5.41) is 13.8. The van der Waals surface area contributed by atoms with Crippen molar-refractivity contribution in [3.05, 3.63) is 28.8 Å². The van der Waals surface area contributed by atoms with Crippen LogP contribution in [-0.4, -0.2) is 23.9 Å². The van der Waals surface area contributed by atoms with Crippen molar-refractivity contribution in [2.45, 2.75) is 38.5 Å². The first-order valence-corrected chi connectivity index (χ1v) is 6.36. The van der Waals surface area contributed by atoms with Crippen LogP contribution < -0.4 is 5.32 Å². The summed E-state index contributed by atoms with van der Waals surface area (Å²) in [7, 11) is 0. The number of aromatic hydroxyl groups is 1. The summed E-state index contributed by atoms with van der Waals surface area (Å²) in [5.74, 6) is 0.255. The average Bonchev–Trinajstić information content (AvgIpc) is 2.28. The van der Waals surface area contributed by atoms with Gasteiger partial charge in [-0.3, -0.25) is 0 Å². The van der Waals surface area contributed by atoms with Crippen LogP contribution in [0.3, 0.4) is 0 Å². The van der Waals surface area contributed by atoms with Gasteiger partial charge >= 0.3 is 0 Å². The maximum Gasteiger partial charge on any atom is 0.121 e. The van der Waals surface area contributed by atoms with Crippen LogP contribution in [0.25, 0.3) is 0 Å². The van der Waals surface area contributed by atoms with Crippen LogP contribution in [0.2, 0.25) is 5.02 Å². The molecule has 4 heteroatoms. The van der Waals surface area contributed by atoms with Gasteiger partial charge in [0, 0.05) is 29.8 Å². The molecule has 3 nitrogen and oxygen atoms in total. The molecular weight excluding hydrogens is 238 g/mol. The first-order chi connectivity index (χ1) is 8.16. The fraction of sp³-hybridized carbons (Fsp3) is 0.538. The average molecular weight is 256 g/mol. The van der Waals surface area contributed by atoms with Crippen LogP contribution in [0.1, 0.15) is 25.3 Å². The Hall–Kier alpha value is -0.770. The molecule has 1 aliphatic heterocycles. The molecule has 0 amide bonds. The number of halogens is 1. The van der Waals surface area contributed by atoms with Gasteiger partial charge in [0.1, 0.15) is 5.75 Å². The fourth-order valence-electron chi connectivity index (χ4n) is 2.15. The van der Waals surface area contributed by atoms with Gasteiger partial charge in [0.15, 0.2) is 0 Å². The second-order valence-electron chi connectivity index (χ2n) is 4.52. The smallest absolute Gasteiger partial charge is 0.121 e. The van der Waals surface area contributed by atoms with Gasteiger partial charge in [-0.2, -0.15) is 0 Å². The second kappa shape index (κ2) is 5.71. The summed E-state index contributed by atoms with van der Waals surface area (Å²) >= 11 is 6.05. The summed E-state index contributed by atoms with van der Waals surface area (Å²) in [6, 6.07) is 5.65. The number of phenols is 1. The van der Waals surface area contributed by atoms with Crippen LogP contribution in [-0.2, 0) is 11.3 Å². The topological polar surface area (TPSA) is 41.5 Å². The van der Waals surface area contributed by atoms with Gasteiger partial charge in [0.25, 0.3) is 0 Å². The molecule has 2 rings (SSSR count). The molecule has 2 unspecified atom stereocenters. The van der Waals surface area contributed by atoms with Crippen molar-refractivity contribution in [1.82, 2.24) is 5.32 Å². The summed E-state index contributed by atoms with van der Waals surface area (Å²) in [6.45, 7) is 3.48. The number of rotatable bonds is 3. The minimum absolute atomic E-state index is 0.255. The quantitative estimate of drug-likeness (QED) is 0.873. The number of hydrogen-bond acceptors (Lipinski definition) is 3. The molecule has 1 saturated heterocycles. The van der Waals surface area contributed by atoms with E-state index in [2.05, 4.69) is 12.2 Å². The van der Waals surface area contributed by atoms with Crippen LogP contribution >= 0.6 is 11.6 Å². The molecular formula is C13H18ClNO2. The van der Waals surface area contributed by atoms with Crippen molar-refractivity contribution >= 4 is 11.6 Å². The zero-order chi connectivity index (χ0) is 12.3. The normalized spacial score (nSPS) is 24.8. The third-order valence-electron chi connectivity index (χ3n) is 3.15. The molecule has 0 bridgehead atoms. The number of phenolic OH excluding ortho intramolecular Hbond substituents is 1. The van der Waals surface area contributed by atoms with Gasteiger partial charge in [-0.05, 0) is 31.9 Å². The van der Waals surface area contributed by atoms with Crippen molar-refractivity contribution in [2.75, 3.05) is 6.61 Å². The molecule has 1 fully saturated rings. The van der Waals surface area contributed by atoms with Crippen molar-refractivity contribution in [3.63, 3.8) is 0 Å². The van der Waals surface area contributed by atoms with Crippen LogP contribution in [0.5, 0.6) is 5.75 Å². The zero-order valence-corrected chi connectivity index (χ0v) is 10.7. The van der Waals surface area contributed by atoms with E-state index in [1.807, 2.05) is 0 Å². The Bertz CT molecular complexity index is 363. The molecule has 94 valence electrons. The Kier molecular flexibility index (Phi) is 4.26. The molecule has 0 spiro atoms. The predicted molar refractivity (Wildman–Crippen MR) is 68.4 cm³/mol. The molecule has 2 atom stereocenters. The van der Waals surface area contributed by atoms with Crippen molar-refractivity contribution in [3.8, 4) is 5.75 Å². The standard InChI is InChI=1S/C13H18ClNO2/c1-9-7-10(5-6-17-9)15-8-11-12(14)3-2-4-13(11)16/h2-4,9-10,15-16H,5-8H2,1H3. The first-order valence-electron chi connectivity index (χ1n) is 5.98. The molecule has 1 aromatic carbocycles. The molecule has 17 heavy (non-hydrogen) atoms. The van der Waals surface area contributed by atoms with E-state index in [0.29, 0.717) is 23.7 Å². The van der Waals surface area contributed by atoms with Crippen molar-refractivity contribution < 1.29 is 9.84 Å². The van der Waals surface area contributed by atoms with E-state index in [9.17, 15) is 5.11 Å². The maximum atomic E-state index is 9.72. The van der Waals surface area contributed by atoms with E-state index < -0.39 is 0 Å². The van der Waals surface area contributed by atoms with Crippen molar-refractivity contribution in [1.29, 1.82) is 0 Å². The van der Waals surface area contributed by atoms with E-state index in [4.69, 9.17) is 16.3 Å². The van der Waals surface area contributed by atoms with Gasteiger partial charge in [-0.15, -0.1) is 0 Å². The van der Waals surface area contributed by atoms with Crippen LogP contribution in [0, 0.1) is 0 Å². The van der Waals surface area contributed by atoms with Gasteiger partial charge in [0.2, 0.25) is 0 Å². The lowest BCUT2D eigenvalue weighted by Gasteiger charge is -2.28. The minimum atomic E-state index is 0.255. The van der Waals surface area contributed by atoms with Gasteiger partial charge in [-0.25, -0.2) is 0 Å². The van der Waals surface area contributed by atoms with E-state index in [0.717, 1.165) is 25.0 Å². The SMILES string of the molecule is CC1CC(NCc2c(O)cccc2Cl)CCO1. The molecule has 0 aromatic heterocycles. The lowest BCUT2D eigenvalue weighted by atomic mass is 10.0. The number of hydrogen-bond donors (Lipinski definition) is 2. The largest absolute Gasteiger partial charge is 0.508 e. The summed E-state index contributed by atoms with van der Waals surface area (Å²) in [4.78, 5) is 0. The highest BCUT2D eigenvalue weighted by atomic mass is 35.5. The molecule has 1 heterocycles. The molecule has 1 aliphatic rings. The van der Waals surface area contributed by atoms with E-state index >= 15 is 0 Å². The summed E-state index contributed by atoms with van der Waals surface area (Å²) in [6.07, 6.45) is 2.32. The maximum absolute atomic E-state index is 9.72. The number of nitrogens with one attached hydrogen (secondary N) is 1. The lowest BCUT2D eigenvalue weighted by molar-refractivity contribution is 0.0130. The molecule has 2 N–H and O–H groups in total. The minimum Gasteiger partial charge on any atom is -0.508 e. The Morgan fingerprint density at radius 1 is 1.53 bits per heavy atom. The Morgan fingerprint density at radius 2 is 2.35 bits per heavy atom. The highest BCUT2D eigenvalue weighted by Gasteiger charge is 2.19. The van der Waals surface area contributed by atoms with Gasteiger partial charge < -0.3 is 15.2 Å². The Morgan fingerprint density at radius 3 is 3.06 bits per heavy atom. The lowest BCUT2D eigenvalue weighted by Crippen LogP contribution is -2.37. The van der Waals surface area contributed by atoms with Crippen molar-refractivity contribution in [2.24, 2.45) is 0 Å². The Labute approximate surface area is 107 Å². The second-order valence-corrected chi connectivity index (χ2v) is 4.93. The van der Waals surface area contributed by atoms with Crippen LogP contribution in [0.4, 0.5) is 0 Å². The summed E-state index contributed by atoms with van der Waals surface area (Å²) < 4.78 is 5.49. The molecule has 0 radical (unpaired) electrons. The van der Waals surface area contributed by atoms with E-state index in [1.54, 1.807) is 18.2 Å². The predicted octanol–water partition coefficient (Wildman–Crippen LogP) is 2.70. The highest BCUT2D eigenvalue weighted by Crippen LogP contribution is 2.25. The van der Waals surface area contributed by atoms with E-state index in [1.165, 1.54) is 0 Å². The zero-order valence-electron chi connectivity index (χ0n) is 9.95. The molecule has 0 aliphatic carbocycles. The van der Waals surface area contributed by atoms with Gasteiger partial charge in [0.05, 0.1) is 6.10 Å². The summed E-state index contributed by atoms with van der Waals surface area (Å²) in [5.41, 5.74) is 0.772. The molecule has 0 saturated carbocycles. The number of benzene rings is 1. The van der Waals surface area contributed by atoms with E-state index in [-0.39, 0.29) is 5.75 Å². The molecule has 1 aromatic rings. The van der Waals surface area contributed by atoms with Crippen LogP contribution in [0.15, 0.2) is 18.2 Å². The highest BCUT2D eigenvalue weighted by molar-refractivity contribution is 6.31. The fourth-order valence-corrected chi connectivity index (χ4v) is 2.39. The first kappa shape index (κ1) is 12.7.